The number of benzene rings is 2. The van der Waals surface area contributed by atoms with Crippen LogP contribution < -0.4 is 14.4 Å². The zero-order chi connectivity index (χ0) is 22.1. The number of amides is 1. The molecule has 0 spiro atoms. The van der Waals surface area contributed by atoms with Gasteiger partial charge in [-0.05, 0) is 43.5 Å². The third-order valence-electron chi connectivity index (χ3n) is 6.10. The van der Waals surface area contributed by atoms with E-state index < -0.39 is 10.0 Å². The van der Waals surface area contributed by atoms with Crippen LogP contribution in [0.4, 0.5) is 5.69 Å². The molecule has 0 fully saturated rings. The molecule has 0 radical (unpaired) electrons. The molecule has 1 aliphatic rings. The van der Waals surface area contributed by atoms with E-state index in [4.69, 9.17) is 4.74 Å². The van der Waals surface area contributed by atoms with Gasteiger partial charge in [-0.15, -0.1) is 0 Å². The molecule has 0 saturated carbocycles. The number of nitrogens with one attached hydrogen (secondary N) is 1. The number of para-hydroxylation sites is 1. The van der Waals surface area contributed by atoms with E-state index in [2.05, 4.69) is 19.2 Å². The number of hydrogen-bond donors (Lipinski definition) is 1. The Morgan fingerprint density at radius 3 is 2.50 bits per heavy atom. The van der Waals surface area contributed by atoms with Crippen LogP contribution in [-0.2, 0) is 10.0 Å². The van der Waals surface area contributed by atoms with Crippen LogP contribution in [0, 0.1) is 6.92 Å². The number of ether oxygens (including phenoxy) is 1. The summed E-state index contributed by atoms with van der Waals surface area (Å²) < 4.78 is 31.4. The number of anilines is 1. The number of rotatable bonds is 6. The standard InChI is InChI=1S/C23H30N2O4S/c1-6-23(7-2)15-19(18-10-8-9-11-21(18)29-23)24-22(26)17-13-12-16(3)20(14-17)25(4)30(5,27)28/h8-14,19H,6-7,15H2,1-5H3,(H,24,26)/t19-/m0/s1. The topological polar surface area (TPSA) is 75.7 Å². The van der Waals surface area contributed by atoms with Gasteiger partial charge in [0.1, 0.15) is 11.4 Å². The van der Waals surface area contributed by atoms with Crippen molar-refractivity contribution in [3.8, 4) is 5.75 Å². The predicted molar refractivity (Wildman–Crippen MR) is 120 cm³/mol. The Balaban J connectivity index is 1.92. The fourth-order valence-corrected chi connectivity index (χ4v) is 4.49. The maximum atomic E-state index is 13.1. The number of sulfonamides is 1. The van der Waals surface area contributed by atoms with Gasteiger partial charge in [0.15, 0.2) is 0 Å². The monoisotopic (exact) mass is 430 g/mol. The van der Waals surface area contributed by atoms with Gasteiger partial charge in [-0.1, -0.05) is 38.1 Å². The first-order valence-electron chi connectivity index (χ1n) is 10.2. The lowest BCUT2D eigenvalue weighted by molar-refractivity contribution is 0.0227. The van der Waals surface area contributed by atoms with Crippen molar-refractivity contribution in [1.82, 2.24) is 5.32 Å². The Kier molecular flexibility index (Phi) is 6.13. The summed E-state index contributed by atoms with van der Waals surface area (Å²) in [6.45, 7) is 6.03. The molecule has 0 bridgehead atoms. The summed E-state index contributed by atoms with van der Waals surface area (Å²) in [6, 6.07) is 12.7. The molecule has 0 aliphatic carbocycles. The van der Waals surface area contributed by atoms with E-state index in [1.165, 1.54) is 11.4 Å². The molecule has 1 aliphatic heterocycles. The van der Waals surface area contributed by atoms with Crippen LogP contribution in [0.25, 0.3) is 0 Å². The predicted octanol–water partition coefficient (Wildman–Crippen LogP) is 4.20. The summed E-state index contributed by atoms with van der Waals surface area (Å²) in [6.07, 6.45) is 3.52. The fourth-order valence-electron chi connectivity index (χ4n) is 3.94. The summed E-state index contributed by atoms with van der Waals surface area (Å²) in [5, 5.41) is 3.15. The molecule has 6 nitrogen and oxygen atoms in total. The second-order valence-electron chi connectivity index (χ2n) is 7.99. The van der Waals surface area contributed by atoms with Gasteiger partial charge < -0.3 is 10.1 Å². The molecule has 1 heterocycles. The summed E-state index contributed by atoms with van der Waals surface area (Å²) in [5.41, 5.74) is 2.35. The highest BCUT2D eigenvalue weighted by Crippen LogP contribution is 2.42. The molecule has 0 unspecified atom stereocenters. The third kappa shape index (κ3) is 4.31. The van der Waals surface area contributed by atoms with Crippen LogP contribution in [0.15, 0.2) is 42.5 Å². The number of aryl methyl sites for hydroxylation is 1. The van der Waals surface area contributed by atoms with Gasteiger partial charge in [-0.2, -0.15) is 0 Å². The lowest BCUT2D eigenvalue weighted by Gasteiger charge is -2.41. The van der Waals surface area contributed by atoms with Crippen molar-refractivity contribution >= 4 is 21.6 Å². The van der Waals surface area contributed by atoms with Gasteiger partial charge in [-0.25, -0.2) is 8.42 Å². The number of fused-ring (bicyclic) bond motifs is 1. The Morgan fingerprint density at radius 2 is 1.87 bits per heavy atom. The molecule has 7 heteroatoms. The van der Waals surface area contributed by atoms with Crippen LogP contribution in [0.5, 0.6) is 5.75 Å². The highest BCUT2D eigenvalue weighted by molar-refractivity contribution is 7.92. The van der Waals surface area contributed by atoms with Gasteiger partial charge in [0.05, 0.1) is 18.0 Å². The Hall–Kier alpha value is -2.54. The molecule has 162 valence electrons. The molecule has 2 aromatic rings. The molecule has 1 amide bonds. The minimum absolute atomic E-state index is 0.181. The smallest absolute Gasteiger partial charge is 0.251 e. The highest BCUT2D eigenvalue weighted by Gasteiger charge is 2.39. The van der Waals surface area contributed by atoms with Gasteiger partial charge in [-0.3, -0.25) is 9.10 Å². The number of nitrogens with zero attached hydrogens (tertiary/aromatic N) is 1. The van der Waals surface area contributed by atoms with E-state index in [0.29, 0.717) is 17.7 Å². The normalized spacial score (nSPS) is 17.6. The first kappa shape index (κ1) is 22.2. The summed E-state index contributed by atoms with van der Waals surface area (Å²) in [5.74, 6) is 0.570. The highest BCUT2D eigenvalue weighted by atomic mass is 32.2. The summed E-state index contributed by atoms with van der Waals surface area (Å²) in [7, 11) is -1.93. The van der Waals surface area contributed by atoms with E-state index >= 15 is 0 Å². The maximum Gasteiger partial charge on any atom is 0.251 e. The van der Waals surface area contributed by atoms with E-state index in [0.717, 1.165) is 36.0 Å². The van der Waals surface area contributed by atoms with Gasteiger partial charge in [0, 0.05) is 24.6 Å². The maximum absolute atomic E-state index is 13.1. The first-order chi connectivity index (χ1) is 14.1. The van der Waals surface area contributed by atoms with Gasteiger partial charge in [0.25, 0.3) is 5.91 Å². The average Bonchev–Trinajstić information content (AvgIpc) is 2.72. The Morgan fingerprint density at radius 1 is 1.20 bits per heavy atom. The summed E-state index contributed by atoms with van der Waals surface area (Å²) in [4.78, 5) is 13.1. The lowest BCUT2D eigenvalue weighted by Crippen LogP contribution is -2.44. The fraction of sp³-hybridized carbons (Fsp3) is 0.435. The lowest BCUT2D eigenvalue weighted by atomic mass is 9.83. The van der Waals surface area contributed by atoms with Gasteiger partial charge in [0.2, 0.25) is 10.0 Å². The Labute approximate surface area is 179 Å². The molecule has 1 N–H and O–H groups in total. The minimum atomic E-state index is -3.43. The molecular formula is C23H30N2O4S. The molecule has 30 heavy (non-hydrogen) atoms. The number of hydrogen-bond acceptors (Lipinski definition) is 4. The number of carbonyl (C=O) groups excluding carboxylic acids is 1. The molecule has 0 aromatic heterocycles. The van der Waals surface area contributed by atoms with E-state index in [1.807, 2.05) is 31.2 Å². The van der Waals surface area contributed by atoms with Gasteiger partial charge >= 0.3 is 0 Å². The molecule has 2 aromatic carbocycles. The van der Waals surface area contributed by atoms with Crippen molar-refractivity contribution in [1.29, 1.82) is 0 Å². The average molecular weight is 431 g/mol. The van der Waals surface area contributed by atoms with Crippen molar-refractivity contribution in [2.45, 2.75) is 51.7 Å². The van der Waals surface area contributed by atoms with Crippen LogP contribution in [0.2, 0.25) is 0 Å². The van der Waals surface area contributed by atoms with Crippen molar-refractivity contribution in [3.05, 3.63) is 59.2 Å². The first-order valence-corrected chi connectivity index (χ1v) is 12.1. The van der Waals surface area contributed by atoms with Crippen LogP contribution in [0.3, 0.4) is 0 Å². The number of carbonyl (C=O) groups is 1. The third-order valence-corrected chi connectivity index (χ3v) is 7.29. The molecule has 1 atom stereocenters. The molecular weight excluding hydrogens is 400 g/mol. The minimum Gasteiger partial charge on any atom is -0.487 e. The van der Waals surface area contributed by atoms with Crippen LogP contribution >= 0.6 is 0 Å². The van der Waals surface area contributed by atoms with Crippen LogP contribution in [0.1, 0.15) is 60.6 Å². The second kappa shape index (κ2) is 8.30. The second-order valence-corrected chi connectivity index (χ2v) is 10.0. The zero-order valence-electron chi connectivity index (χ0n) is 18.2. The molecule has 3 rings (SSSR count). The van der Waals surface area contributed by atoms with Crippen molar-refractivity contribution in [3.63, 3.8) is 0 Å². The zero-order valence-corrected chi connectivity index (χ0v) is 19.0. The van der Waals surface area contributed by atoms with Crippen molar-refractivity contribution in [2.75, 3.05) is 17.6 Å². The summed E-state index contributed by atoms with van der Waals surface area (Å²) >= 11 is 0. The van der Waals surface area contributed by atoms with E-state index in [-0.39, 0.29) is 17.6 Å². The van der Waals surface area contributed by atoms with Crippen molar-refractivity contribution in [2.24, 2.45) is 0 Å². The van der Waals surface area contributed by atoms with E-state index in [9.17, 15) is 13.2 Å². The quantitative estimate of drug-likeness (QED) is 0.745. The van der Waals surface area contributed by atoms with Crippen molar-refractivity contribution < 1.29 is 17.9 Å². The Bertz CT molecular complexity index is 1040. The largest absolute Gasteiger partial charge is 0.487 e. The SMILES string of the molecule is CCC1(CC)C[C@H](NC(=O)c2ccc(C)c(N(C)S(C)(=O)=O)c2)c2ccccc2O1. The molecule has 0 saturated heterocycles. The van der Waals surface area contributed by atoms with E-state index in [1.54, 1.807) is 18.2 Å². The van der Waals surface area contributed by atoms with Crippen LogP contribution in [-0.4, -0.2) is 33.2 Å².